The molecule has 8 heteroatoms. The Morgan fingerprint density at radius 3 is 2.21 bits per heavy atom. The van der Waals surface area contributed by atoms with E-state index < -0.39 is 21.8 Å². The number of aryl methyl sites for hydroxylation is 2. The first kappa shape index (κ1) is 23.4. The van der Waals surface area contributed by atoms with Gasteiger partial charge < -0.3 is 9.80 Å². The predicted molar refractivity (Wildman–Crippen MR) is 126 cm³/mol. The largest absolute Gasteiger partial charge is 0.330 e. The van der Waals surface area contributed by atoms with Gasteiger partial charge in [-0.2, -0.15) is 4.31 Å². The molecule has 33 heavy (non-hydrogen) atoms. The van der Waals surface area contributed by atoms with Gasteiger partial charge in [0.2, 0.25) is 10.0 Å². The number of rotatable bonds is 6. The van der Waals surface area contributed by atoms with Gasteiger partial charge in [0.25, 0.3) is 0 Å². The second-order valence-corrected chi connectivity index (χ2v) is 10.7. The molecule has 2 heterocycles. The van der Waals surface area contributed by atoms with E-state index in [1.165, 1.54) is 4.31 Å². The zero-order chi connectivity index (χ0) is 23.6. The number of carbonyl (C=O) groups is 2. The number of nitrogens with zero attached hydrogens (tertiary/aromatic N) is 3. The molecule has 2 aliphatic rings. The molecule has 0 N–H and O–H groups in total. The molecule has 4 rings (SSSR count). The Morgan fingerprint density at radius 2 is 1.55 bits per heavy atom. The standard InChI is InChI=1S/C25H31N3O4S/c1-3-21-6-4-5-7-23(21)33(31,32)27-14-12-22(13-15-27)28-17-16-26(24(29)25(28)30)18-20-10-8-19(2)9-11-20/h4-11,22H,3,12-18H2,1-2H3. The minimum absolute atomic E-state index is 0.115. The summed E-state index contributed by atoms with van der Waals surface area (Å²) in [6.45, 7) is 6.03. The van der Waals surface area contributed by atoms with Crippen LogP contribution in [0.1, 0.15) is 36.5 Å². The third-order valence-corrected chi connectivity index (χ3v) is 8.67. The molecule has 0 unspecified atom stereocenters. The van der Waals surface area contributed by atoms with E-state index in [0.717, 1.165) is 16.7 Å². The van der Waals surface area contributed by atoms with Gasteiger partial charge >= 0.3 is 11.8 Å². The highest BCUT2D eigenvalue weighted by Gasteiger charge is 2.39. The molecule has 2 amide bonds. The number of benzene rings is 2. The van der Waals surface area contributed by atoms with Gasteiger partial charge in [0.1, 0.15) is 0 Å². The van der Waals surface area contributed by atoms with Gasteiger partial charge in [0.05, 0.1) is 4.90 Å². The highest BCUT2D eigenvalue weighted by Crippen LogP contribution is 2.26. The van der Waals surface area contributed by atoms with E-state index >= 15 is 0 Å². The number of amides is 2. The number of hydrogen-bond donors (Lipinski definition) is 0. The second kappa shape index (κ2) is 9.65. The SMILES string of the molecule is CCc1ccccc1S(=O)(=O)N1CCC(N2CCN(Cc3ccc(C)cc3)C(=O)C2=O)CC1. The number of piperazine rings is 1. The van der Waals surface area contributed by atoms with Crippen LogP contribution >= 0.6 is 0 Å². The highest BCUT2D eigenvalue weighted by molar-refractivity contribution is 7.89. The van der Waals surface area contributed by atoms with Crippen molar-refractivity contribution in [2.45, 2.75) is 50.6 Å². The van der Waals surface area contributed by atoms with Crippen LogP contribution in [0.15, 0.2) is 53.4 Å². The van der Waals surface area contributed by atoms with Crippen LogP contribution in [0.4, 0.5) is 0 Å². The van der Waals surface area contributed by atoms with Crippen molar-refractivity contribution in [2.24, 2.45) is 0 Å². The average Bonchev–Trinajstić information content (AvgIpc) is 2.83. The molecule has 0 aromatic heterocycles. The Balaban J connectivity index is 1.38. The summed E-state index contributed by atoms with van der Waals surface area (Å²) < 4.78 is 27.9. The van der Waals surface area contributed by atoms with Crippen molar-refractivity contribution in [3.05, 3.63) is 65.2 Å². The molecule has 7 nitrogen and oxygen atoms in total. The van der Waals surface area contributed by atoms with Crippen molar-refractivity contribution >= 4 is 21.8 Å². The van der Waals surface area contributed by atoms with Crippen LogP contribution in [0, 0.1) is 6.92 Å². The van der Waals surface area contributed by atoms with Crippen LogP contribution in [-0.4, -0.2) is 66.6 Å². The first-order valence-corrected chi connectivity index (χ1v) is 13.0. The van der Waals surface area contributed by atoms with Crippen LogP contribution in [0.25, 0.3) is 0 Å². The zero-order valence-electron chi connectivity index (χ0n) is 19.2. The molecule has 0 atom stereocenters. The van der Waals surface area contributed by atoms with E-state index in [0.29, 0.717) is 56.9 Å². The predicted octanol–water partition coefficient (Wildman–Crippen LogP) is 2.58. The van der Waals surface area contributed by atoms with Gasteiger partial charge in [-0.3, -0.25) is 9.59 Å². The summed E-state index contributed by atoms with van der Waals surface area (Å²) in [7, 11) is -3.57. The summed E-state index contributed by atoms with van der Waals surface area (Å²) in [5, 5.41) is 0. The van der Waals surface area contributed by atoms with Crippen LogP contribution < -0.4 is 0 Å². The number of hydrogen-bond acceptors (Lipinski definition) is 4. The van der Waals surface area contributed by atoms with Crippen molar-refractivity contribution in [1.29, 1.82) is 0 Å². The minimum Gasteiger partial charge on any atom is -0.330 e. The zero-order valence-corrected chi connectivity index (χ0v) is 20.1. The minimum atomic E-state index is -3.57. The molecule has 0 radical (unpaired) electrons. The Labute approximate surface area is 196 Å². The summed E-state index contributed by atoms with van der Waals surface area (Å²) in [6, 6.07) is 15.0. The van der Waals surface area contributed by atoms with Gasteiger partial charge in [0, 0.05) is 38.8 Å². The highest BCUT2D eigenvalue weighted by atomic mass is 32.2. The fraction of sp³-hybridized carbons (Fsp3) is 0.440. The third-order valence-electron chi connectivity index (χ3n) is 6.67. The Bertz CT molecular complexity index is 1120. The smallest absolute Gasteiger partial charge is 0.312 e. The molecular weight excluding hydrogens is 438 g/mol. The van der Waals surface area contributed by atoms with E-state index in [2.05, 4.69) is 0 Å². The maximum absolute atomic E-state index is 13.2. The molecule has 2 fully saturated rings. The Hall–Kier alpha value is -2.71. The van der Waals surface area contributed by atoms with E-state index in [9.17, 15) is 18.0 Å². The lowest BCUT2D eigenvalue weighted by Crippen LogP contribution is -2.58. The van der Waals surface area contributed by atoms with E-state index in [4.69, 9.17) is 0 Å². The molecule has 2 saturated heterocycles. The fourth-order valence-corrected chi connectivity index (χ4v) is 6.45. The summed E-state index contributed by atoms with van der Waals surface area (Å²) in [5.41, 5.74) is 2.96. The number of piperidine rings is 1. The topological polar surface area (TPSA) is 78.0 Å². The third kappa shape index (κ3) is 4.82. The summed E-state index contributed by atoms with van der Waals surface area (Å²) in [5.74, 6) is -0.959. The first-order chi connectivity index (χ1) is 15.8. The summed E-state index contributed by atoms with van der Waals surface area (Å²) >= 11 is 0. The number of carbonyl (C=O) groups excluding carboxylic acids is 2. The molecule has 2 aliphatic heterocycles. The summed E-state index contributed by atoms with van der Waals surface area (Å²) in [6.07, 6.45) is 1.71. The van der Waals surface area contributed by atoms with Crippen LogP contribution in [-0.2, 0) is 32.6 Å². The van der Waals surface area contributed by atoms with Gasteiger partial charge in [-0.25, -0.2) is 8.42 Å². The Morgan fingerprint density at radius 1 is 0.879 bits per heavy atom. The van der Waals surface area contributed by atoms with Crippen molar-refractivity contribution in [2.75, 3.05) is 26.2 Å². The average molecular weight is 470 g/mol. The quantitative estimate of drug-likeness (QED) is 0.610. The lowest BCUT2D eigenvalue weighted by atomic mass is 10.0. The van der Waals surface area contributed by atoms with Gasteiger partial charge in [-0.1, -0.05) is 55.0 Å². The maximum atomic E-state index is 13.2. The van der Waals surface area contributed by atoms with Crippen LogP contribution in [0.3, 0.4) is 0 Å². The Kier molecular flexibility index (Phi) is 6.86. The number of sulfonamides is 1. The van der Waals surface area contributed by atoms with Gasteiger partial charge in [-0.05, 0) is 43.4 Å². The van der Waals surface area contributed by atoms with Crippen molar-refractivity contribution in [3.63, 3.8) is 0 Å². The van der Waals surface area contributed by atoms with E-state index in [-0.39, 0.29) is 6.04 Å². The molecule has 0 aliphatic carbocycles. The first-order valence-electron chi connectivity index (χ1n) is 11.5. The molecule has 176 valence electrons. The molecule has 2 aromatic rings. The lowest BCUT2D eigenvalue weighted by Gasteiger charge is -2.41. The van der Waals surface area contributed by atoms with Crippen molar-refractivity contribution < 1.29 is 18.0 Å². The molecule has 2 aromatic carbocycles. The molecule has 0 saturated carbocycles. The summed E-state index contributed by atoms with van der Waals surface area (Å²) in [4.78, 5) is 29.2. The molecule has 0 bridgehead atoms. The van der Waals surface area contributed by atoms with Gasteiger partial charge in [-0.15, -0.1) is 0 Å². The monoisotopic (exact) mass is 469 g/mol. The second-order valence-electron chi connectivity index (χ2n) is 8.81. The lowest BCUT2D eigenvalue weighted by molar-refractivity contribution is -0.158. The van der Waals surface area contributed by atoms with Crippen LogP contribution in [0.2, 0.25) is 0 Å². The van der Waals surface area contributed by atoms with Crippen molar-refractivity contribution in [3.8, 4) is 0 Å². The van der Waals surface area contributed by atoms with E-state index in [1.807, 2.05) is 50.2 Å². The molecular formula is C25H31N3O4S. The molecule has 0 spiro atoms. The fourth-order valence-electron chi connectivity index (χ4n) is 4.68. The van der Waals surface area contributed by atoms with E-state index in [1.54, 1.807) is 21.9 Å². The van der Waals surface area contributed by atoms with Gasteiger partial charge in [0.15, 0.2) is 0 Å². The normalized spacial score (nSPS) is 18.7. The maximum Gasteiger partial charge on any atom is 0.312 e. The van der Waals surface area contributed by atoms with Crippen LogP contribution in [0.5, 0.6) is 0 Å². The van der Waals surface area contributed by atoms with Crippen molar-refractivity contribution in [1.82, 2.24) is 14.1 Å².